The predicted octanol–water partition coefficient (Wildman–Crippen LogP) is 3.37. The minimum absolute atomic E-state index is 0.0256. The van der Waals surface area contributed by atoms with Crippen LogP contribution >= 0.6 is 11.5 Å². The number of sulfone groups is 1. The molecule has 3 aromatic rings. The lowest BCUT2D eigenvalue weighted by atomic mass is 10.1. The molecule has 12 nitrogen and oxygen atoms in total. The van der Waals surface area contributed by atoms with Gasteiger partial charge in [-0.15, -0.1) is 0 Å². The van der Waals surface area contributed by atoms with Crippen LogP contribution in [0.3, 0.4) is 0 Å². The molecular formula is C22H19N5O7S2. The van der Waals surface area contributed by atoms with Gasteiger partial charge >= 0.3 is 0 Å². The minimum Gasteiger partial charge on any atom is -0.493 e. The fraction of sp³-hybridized carbons (Fsp3) is 0.182. The molecule has 36 heavy (non-hydrogen) atoms. The number of carbonyl (C=O) groups is 1. The molecule has 0 saturated carbocycles. The third-order valence-electron chi connectivity index (χ3n) is 4.69. The van der Waals surface area contributed by atoms with Gasteiger partial charge in [-0.25, -0.2) is 8.42 Å². The summed E-state index contributed by atoms with van der Waals surface area (Å²) in [6.45, 7) is 1.58. The topological polar surface area (TPSA) is 174 Å². The van der Waals surface area contributed by atoms with Gasteiger partial charge in [-0.1, -0.05) is 13.0 Å². The Hall–Kier alpha value is -4.35. The van der Waals surface area contributed by atoms with Crippen LogP contribution in [0.5, 0.6) is 11.5 Å². The second-order valence-electron chi connectivity index (χ2n) is 7.03. The fourth-order valence-electron chi connectivity index (χ4n) is 2.76. The van der Waals surface area contributed by atoms with E-state index in [0.717, 1.165) is 0 Å². The van der Waals surface area contributed by atoms with Gasteiger partial charge in [0.05, 0.1) is 17.8 Å². The smallest absolute Gasteiger partial charge is 0.269 e. The molecule has 1 amide bonds. The Morgan fingerprint density at radius 1 is 1.25 bits per heavy atom. The van der Waals surface area contributed by atoms with Crippen molar-refractivity contribution in [1.29, 1.82) is 5.26 Å². The van der Waals surface area contributed by atoms with Crippen LogP contribution in [0, 0.1) is 21.4 Å². The van der Waals surface area contributed by atoms with E-state index in [1.807, 2.05) is 0 Å². The molecule has 14 heteroatoms. The van der Waals surface area contributed by atoms with E-state index in [0.29, 0.717) is 34.2 Å². The van der Waals surface area contributed by atoms with Crippen LogP contribution < -0.4 is 14.8 Å². The fourth-order valence-corrected chi connectivity index (χ4v) is 4.35. The molecule has 0 unspecified atom stereocenters. The Bertz CT molecular complexity index is 1460. The van der Waals surface area contributed by atoms with Gasteiger partial charge in [-0.05, 0) is 41.5 Å². The number of carbonyl (C=O) groups excluding carboxylic acids is 1. The van der Waals surface area contributed by atoms with Gasteiger partial charge in [0.25, 0.3) is 16.8 Å². The summed E-state index contributed by atoms with van der Waals surface area (Å²) < 4.78 is 38.5. The monoisotopic (exact) mass is 529 g/mol. The highest BCUT2D eigenvalue weighted by Gasteiger charge is 2.20. The molecule has 0 spiro atoms. The SMILES string of the molecule is CCS(=O)(=O)c1nsc(NC(=O)/C(C#N)=C\c2ccc(OCc3ccc([N+](=O)[O-])cc3)c(OC)c2)n1. The van der Waals surface area contributed by atoms with Crippen molar-refractivity contribution in [1.82, 2.24) is 9.36 Å². The largest absolute Gasteiger partial charge is 0.493 e. The van der Waals surface area contributed by atoms with Crippen molar-refractivity contribution in [3.8, 4) is 17.6 Å². The number of methoxy groups -OCH3 is 1. The number of nitrogens with zero attached hydrogens (tertiary/aromatic N) is 4. The molecule has 1 heterocycles. The Morgan fingerprint density at radius 2 is 1.97 bits per heavy atom. The third-order valence-corrected chi connectivity index (χ3v) is 6.94. The van der Waals surface area contributed by atoms with Crippen molar-refractivity contribution in [2.45, 2.75) is 18.7 Å². The summed E-state index contributed by atoms with van der Waals surface area (Å²) in [5.41, 5.74) is 0.892. The van der Waals surface area contributed by atoms with Gasteiger partial charge in [-0.3, -0.25) is 20.2 Å². The Labute approximate surface area is 210 Å². The Kier molecular flexibility index (Phi) is 8.30. The lowest BCUT2D eigenvalue weighted by Crippen LogP contribution is -2.13. The predicted molar refractivity (Wildman–Crippen MR) is 130 cm³/mol. The van der Waals surface area contributed by atoms with E-state index >= 15 is 0 Å². The molecule has 0 aliphatic rings. The van der Waals surface area contributed by atoms with E-state index in [1.54, 1.807) is 36.4 Å². The van der Waals surface area contributed by atoms with Crippen LogP contribution in [0.4, 0.5) is 10.8 Å². The average molecular weight is 530 g/mol. The molecule has 0 aliphatic carbocycles. The molecular weight excluding hydrogens is 510 g/mol. The van der Waals surface area contributed by atoms with Crippen molar-refractivity contribution in [2.75, 3.05) is 18.2 Å². The van der Waals surface area contributed by atoms with Crippen LogP contribution in [0.15, 0.2) is 53.2 Å². The molecule has 1 N–H and O–H groups in total. The van der Waals surface area contributed by atoms with Crippen LogP contribution in [0.1, 0.15) is 18.1 Å². The number of hydrogen-bond donors (Lipinski definition) is 1. The maximum Gasteiger partial charge on any atom is 0.269 e. The van der Waals surface area contributed by atoms with E-state index in [4.69, 9.17) is 9.47 Å². The van der Waals surface area contributed by atoms with Crippen molar-refractivity contribution in [3.05, 3.63) is 69.3 Å². The summed E-state index contributed by atoms with van der Waals surface area (Å²) >= 11 is 0.689. The van der Waals surface area contributed by atoms with Crippen LogP contribution in [0.25, 0.3) is 6.08 Å². The summed E-state index contributed by atoms with van der Waals surface area (Å²) in [6.07, 6.45) is 1.32. The summed E-state index contributed by atoms with van der Waals surface area (Å²) in [5.74, 6) is -0.251. The van der Waals surface area contributed by atoms with Gasteiger partial charge in [0.2, 0.25) is 15.0 Å². The lowest BCUT2D eigenvalue weighted by Gasteiger charge is -2.11. The van der Waals surface area contributed by atoms with Crippen molar-refractivity contribution in [2.24, 2.45) is 0 Å². The van der Waals surface area contributed by atoms with Crippen molar-refractivity contribution < 1.29 is 27.6 Å². The average Bonchev–Trinajstić information content (AvgIpc) is 3.35. The van der Waals surface area contributed by atoms with Crippen LogP contribution in [-0.2, 0) is 21.2 Å². The molecule has 0 aliphatic heterocycles. The molecule has 0 atom stereocenters. The molecule has 3 rings (SSSR count). The second kappa shape index (κ2) is 11.4. The number of hydrogen-bond acceptors (Lipinski definition) is 11. The van der Waals surface area contributed by atoms with E-state index < -0.39 is 20.7 Å². The van der Waals surface area contributed by atoms with E-state index in [9.17, 15) is 28.6 Å². The number of nitro groups is 1. The third kappa shape index (κ3) is 6.40. The minimum atomic E-state index is -3.62. The number of aromatic nitrogens is 2. The van der Waals surface area contributed by atoms with Crippen molar-refractivity contribution in [3.63, 3.8) is 0 Å². The van der Waals surface area contributed by atoms with Gasteiger partial charge < -0.3 is 9.47 Å². The number of anilines is 1. The Balaban J connectivity index is 1.72. The standard InChI is InChI=1S/C22H19N5O7S2/c1-3-36(31,32)22-25-21(35-26-22)24-20(28)16(12-23)10-15-6-9-18(19(11-15)33-2)34-13-14-4-7-17(8-5-14)27(29)30/h4-11H,3,13H2,1-2H3,(H,24,25,26,28)/b16-10-. The molecule has 186 valence electrons. The molecule has 2 aromatic carbocycles. The van der Waals surface area contributed by atoms with Gasteiger partial charge in [0, 0.05) is 23.7 Å². The molecule has 0 saturated heterocycles. The highest BCUT2D eigenvalue weighted by molar-refractivity contribution is 7.91. The first-order chi connectivity index (χ1) is 17.2. The number of nitriles is 1. The lowest BCUT2D eigenvalue weighted by molar-refractivity contribution is -0.384. The second-order valence-corrected chi connectivity index (χ2v) is 9.96. The zero-order valence-electron chi connectivity index (χ0n) is 19.0. The first kappa shape index (κ1) is 26.3. The van der Waals surface area contributed by atoms with E-state index in [1.165, 1.54) is 32.2 Å². The van der Waals surface area contributed by atoms with Crippen LogP contribution in [0.2, 0.25) is 0 Å². The number of nitrogens with one attached hydrogen (secondary N) is 1. The van der Waals surface area contributed by atoms with Gasteiger partial charge in [0.1, 0.15) is 18.2 Å². The first-order valence-electron chi connectivity index (χ1n) is 10.2. The molecule has 1 aromatic heterocycles. The number of non-ortho nitro benzene ring substituents is 1. The maximum atomic E-state index is 12.5. The van der Waals surface area contributed by atoms with Gasteiger partial charge in [0.15, 0.2) is 11.5 Å². The molecule has 0 fully saturated rings. The number of benzene rings is 2. The van der Waals surface area contributed by atoms with Crippen LogP contribution in [-0.4, -0.2) is 41.5 Å². The van der Waals surface area contributed by atoms with E-state index in [-0.39, 0.29) is 33.9 Å². The highest BCUT2D eigenvalue weighted by Crippen LogP contribution is 2.30. The quantitative estimate of drug-likeness (QED) is 0.177. The normalized spacial score (nSPS) is 11.4. The summed E-state index contributed by atoms with van der Waals surface area (Å²) in [5, 5.41) is 22.1. The summed E-state index contributed by atoms with van der Waals surface area (Å²) in [4.78, 5) is 26.6. The van der Waals surface area contributed by atoms with E-state index in [2.05, 4.69) is 14.7 Å². The zero-order valence-corrected chi connectivity index (χ0v) is 20.6. The van der Waals surface area contributed by atoms with Crippen molar-refractivity contribution >= 4 is 44.2 Å². The summed E-state index contributed by atoms with van der Waals surface area (Å²) in [6, 6.07) is 12.5. The number of rotatable bonds is 10. The first-order valence-corrected chi connectivity index (χ1v) is 12.6. The zero-order chi connectivity index (χ0) is 26.3. The number of nitro benzene ring substituents is 1. The van der Waals surface area contributed by atoms with Gasteiger partial charge in [-0.2, -0.15) is 14.6 Å². The number of ether oxygens (including phenoxy) is 2. The molecule has 0 bridgehead atoms. The Morgan fingerprint density at radius 3 is 2.58 bits per heavy atom. The maximum absolute atomic E-state index is 12.5. The molecule has 0 radical (unpaired) electrons. The summed E-state index contributed by atoms with van der Waals surface area (Å²) in [7, 11) is -2.20. The number of amides is 1. The highest BCUT2D eigenvalue weighted by atomic mass is 32.2.